The molecule has 1 atom stereocenters. The van der Waals surface area contributed by atoms with Gasteiger partial charge in [-0.25, -0.2) is 5.43 Å². The predicted octanol–water partition coefficient (Wildman–Crippen LogP) is 5.08. The number of halogens is 1. The Balaban J connectivity index is 1.54. The Morgan fingerprint density at radius 2 is 1.92 bits per heavy atom. The van der Waals surface area contributed by atoms with Gasteiger partial charge in [-0.15, -0.1) is 5.11 Å². The van der Waals surface area contributed by atoms with E-state index in [1.54, 1.807) is 16.8 Å². The predicted molar refractivity (Wildman–Crippen MR) is 136 cm³/mol. The molecule has 0 saturated carbocycles. The van der Waals surface area contributed by atoms with Crippen LogP contribution in [0.15, 0.2) is 86.0 Å². The minimum atomic E-state index is -0.453. The van der Waals surface area contributed by atoms with Crippen LogP contribution in [0.3, 0.4) is 0 Å². The third-order valence-corrected chi connectivity index (χ3v) is 6.24. The molecule has 11 heteroatoms. The first-order chi connectivity index (χ1) is 17.5. The van der Waals surface area contributed by atoms with Crippen molar-refractivity contribution in [2.24, 2.45) is 15.3 Å². The van der Waals surface area contributed by atoms with E-state index in [9.17, 15) is 9.59 Å². The van der Waals surface area contributed by atoms with Crippen LogP contribution >= 0.6 is 11.6 Å². The molecule has 1 aliphatic carbocycles. The van der Waals surface area contributed by atoms with Gasteiger partial charge in [0.1, 0.15) is 12.5 Å². The number of hydrazone groups is 1. The van der Waals surface area contributed by atoms with Crippen molar-refractivity contribution in [1.82, 2.24) is 15.2 Å². The van der Waals surface area contributed by atoms with E-state index in [2.05, 4.69) is 31.2 Å². The zero-order valence-corrected chi connectivity index (χ0v) is 19.8. The van der Waals surface area contributed by atoms with Gasteiger partial charge in [0.15, 0.2) is 11.5 Å². The number of carbonyl (C=O) groups is 1. The molecular weight excluding hydrogens is 480 g/mol. The maximum Gasteiger partial charge on any atom is 0.294 e. The Morgan fingerprint density at radius 3 is 2.67 bits per heavy atom. The number of nitrogens with zero attached hydrogens (tertiary/aromatic N) is 5. The van der Waals surface area contributed by atoms with Crippen molar-refractivity contribution >= 4 is 40.4 Å². The average molecular weight is 501 g/mol. The van der Waals surface area contributed by atoms with E-state index in [1.165, 1.54) is 0 Å². The first kappa shape index (κ1) is 23.3. The molecule has 180 valence electrons. The van der Waals surface area contributed by atoms with Gasteiger partial charge in [-0.1, -0.05) is 41.9 Å². The quantitative estimate of drug-likeness (QED) is 0.331. The number of nitrogens with one attached hydrogen (secondary N) is 3. The lowest BCUT2D eigenvalue weighted by Crippen LogP contribution is -2.30. The largest absolute Gasteiger partial charge is 0.342 e. The standard InChI is InChI=1S/C25H21ClN8O2/c26-16-8-6-15(7-9-16)23-19-14-18(30-31-21(35)12-13-27)10-11-20(19)28-24-22(25(36)33-34(23)24)32-29-17-4-2-1-3-5-17/h1-9,23,28H,10-12,14H2,(H,31,35)(H,33,36). The lowest BCUT2D eigenvalue weighted by Gasteiger charge is -2.35. The first-order valence-corrected chi connectivity index (χ1v) is 11.7. The number of anilines is 1. The average Bonchev–Trinajstić information content (AvgIpc) is 3.20. The van der Waals surface area contributed by atoms with Gasteiger partial charge >= 0.3 is 0 Å². The molecule has 0 saturated heterocycles. The van der Waals surface area contributed by atoms with Crippen LogP contribution in [0.2, 0.25) is 5.02 Å². The SMILES string of the molecule is N#CCC(=O)NN=C1CCC2=C(C1)C(c1ccc(Cl)cc1)n1[nH]c(=O)c(N=Nc3ccccc3)c1N2. The van der Waals surface area contributed by atoms with Crippen LogP contribution in [0.4, 0.5) is 17.2 Å². The number of amides is 1. The third-order valence-electron chi connectivity index (χ3n) is 5.99. The molecule has 1 aliphatic heterocycles. The Labute approximate surface area is 211 Å². The Hall–Kier alpha value is -4.49. The second kappa shape index (κ2) is 10.0. The van der Waals surface area contributed by atoms with Gasteiger partial charge in [-0.3, -0.25) is 19.4 Å². The van der Waals surface area contributed by atoms with Gasteiger partial charge < -0.3 is 5.32 Å². The summed E-state index contributed by atoms with van der Waals surface area (Å²) in [4.78, 5) is 24.7. The number of hydrogen-bond acceptors (Lipinski definition) is 7. The van der Waals surface area contributed by atoms with E-state index in [1.807, 2.05) is 48.5 Å². The summed E-state index contributed by atoms with van der Waals surface area (Å²) < 4.78 is 1.75. The number of H-pyrrole nitrogens is 1. The molecule has 36 heavy (non-hydrogen) atoms. The number of fused-ring (bicyclic) bond motifs is 1. The van der Waals surface area contributed by atoms with E-state index in [0.717, 1.165) is 22.5 Å². The summed E-state index contributed by atoms with van der Waals surface area (Å²) in [6.07, 6.45) is 1.46. The molecule has 2 aliphatic rings. The number of rotatable bonds is 5. The molecule has 3 aromatic rings. The van der Waals surface area contributed by atoms with Gasteiger partial charge in [0.2, 0.25) is 0 Å². The van der Waals surface area contributed by atoms with Gasteiger partial charge in [0.05, 0.1) is 11.8 Å². The number of aromatic amines is 1. The van der Waals surface area contributed by atoms with E-state index >= 15 is 0 Å². The lowest BCUT2D eigenvalue weighted by atomic mass is 9.85. The molecule has 1 unspecified atom stereocenters. The molecule has 0 spiro atoms. The summed E-state index contributed by atoms with van der Waals surface area (Å²) >= 11 is 6.14. The van der Waals surface area contributed by atoms with Crippen LogP contribution in [0.25, 0.3) is 0 Å². The normalized spacial score (nSPS) is 17.9. The highest BCUT2D eigenvalue weighted by Crippen LogP contribution is 2.43. The fourth-order valence-electron chi connectivity index (χ4n) is 4.34. The van der Waals surface area contributed by atoms with Crippen molar-refractivity contribution in [3.05, 3.63) is 86.8 Å². The Morgan fingerprint density at radius 1 is 1.14 bits per heavy atom. The Kier molecular flexibility index (Phi) is 6.47. The zero-order chi connectivity index (χ0) is 25.1. The molecule has 0 bridgehead atoms. The third kappa shape index (κ3) is 4.69. The van der Waals surface area contributed by atoms with Crippen molar-refractivity contribution < 1.29 is 4.79 Å². The number of azo groups is 1. The summed E-state index contributed by atoms with van der Waals surface area (Å²) in [7, 11) is 0. The van der Waals surface area contributed by atoms with Crippen LogP contribution in [-0.4, -0.2) is 21.4 Å². The zero-order valence-electron chi connectivity index (χ0n) is 19.0. The van der Waals surface area contributed by atoms with Gasteiger partial charge in [-0.05, 0) is 48.2 Å². The van der Waals surface area contributed by atoms with Crippen LogP contribution in [-0.2, 0) is 4.79 Å². The summed E-state index contributed by atoms with van der Waals surface area (Å²) in [6, 6.07) is 18.1. The monoisotopic (exact) mass is 500 g/mol. The molecule has 1 amide bonds. The molecular formula is C25H21ClN8O2. The fraction of sp³-hybridized carbons (Fsp3) is 0.200. The molecule has 10 nitrogen and oxygen atoms in total. The maximum absolute atomic E-state index is 13.0. The smallest absolute Gasteiger partial charge is 0.294 e. The Bertz CT molecular complexity index is 1490. The molecule has 2 heterocycles. The van der Waals surface area contributed by atoms with E-state index in [0.29, 0.717) is 35.8 Å². The lowest BCUT2D eigenvalue weighted by molar-refractivity contribution is -0.120. The van der Waals surface area contributed by atoms with Crippen molar-refractivity contribution in [2.45, 2.75) is 31.7 Å². The number of carbonyl (C=O) groups excluding carboxylic acids is 1. The van der Waals surface area contributed by atoms with E-state index < -0.39 is 5.91 Å². The molecule has 1 aromatic heterocycles. The number of benzene rings is 2. The van der Waals surface area contributed by atoms with Crippen LogP contribution in [0.1, 0.15) is 37.3 Å². The number of hydrogen-bond donors (Lipinski definition) is 3. The topological polar surface area (TPSA) is 140 Å². The van der Waals surface area contributed by atoms with E-state index in [4.69, 9.17) is 16.9 Å². The van der Waals surface area contributed by atoms with Gasteiger partial charge in [0.25, 0.3) is 11.5 Å². The van der Waals surface area contributed by atoms with E-state index in [-0.39, 0.29) is 23.7 Å². The van der Waals surface area contributed by atoms with Crippen molar-refractivity contribution in [3.63, 3.8) is 0 Å². The highest BCUT2D eigenvalue weighted by atomic mass is 35.5. The highest BCUT2D eigenvalue weighted by Gasteiger charge is 2.35. The minimum Gasteiger partial charge on any atom is -0.342 e. The minimum absolute atomic E-state index is 0.188. The molecule has 2 aromatic carbocycles. The second-order valence-electron chi connectivity index (χ2n) is 8.35. The summed E-state index contributed by atoms with van der Waals surface area (Å²) in [5, 5.41) is 28.3. The maximum atomic E-state index is 13.0. The van der Waals surface area contributed by atoms with Crippen LogP contribution < -0.4 is 16.3 Å². The first-order valence-electron chi connectivity index (χ1n) is 11.3. The second-order valence-corrected chi connectivity index (χ2v) is 8.79. The van der Waals surface area contributed by atoms with Gasteiger partial charge in [0, 0.05) is 22.9 Å². The summed E-state index contributed by atoms with van der Waals surface area (Å²) in [5.41, 5.74) is 6.57. The molecule has 0 fully saturated rings. The molecule has 5 rings (SSSR count). The van der Waals surface area contributed by atoms with Crippen LogP contribution in [0, 0.1) is 11.3 Å². The highest BCUT2D eigenvalue weighted by molar-refractivity contribution is 6.30. The molecule has 3 N–H and O–H groups in total. The number of nitriles is 1. The number of aromatic nitrogens is 2. The van der Waals surface area contributed by atoms with Crippen LogP contribution in [0.5, 0.6) is 0 Å². The van der Waals surface area contributed by atoms with Crippen molar-refractivity contribution in [1.29, 1.82) is 5.26 Å². The summed E-state index contributed by atoms with van der Waals surface area (Å²) in [6.45, 7) is 0. The molecule has 0 radical (unpaired) electrons. The van der Waals surface area contributed by atoms with Crippen molar-refractivity contribution in [2.75, 3.05) is 5.32 Å². The van der Waals surface area contributed by atoms with Gasteiger partial charge in [-0.2, -0.15) is 15.5 Å². The van der Waals surface area contributed by atoms with Crippen molar-refractivity contribution in [3.8, 4) is 6.07 Å². The fourth-order valence-corrected chi connectivity index (χ4v) is 4.47. The number of allylic oxidation sites excluding steroid dienone is 2. The summed E-state index contributed by atoms with van der Waals surface area (Å²) in [5.74, 6) is 0.0762.